The monoisotopic (exact) mass is 662 g/mol. The Morgan fingerprint density at radius 2 is 1.58 bits per heavy atom. The highest BCUT2D eigenvalue weighted by atomic mass is 35.5. The fourth-order valence-corrected chi connectivity index (χ4v) is 5.50. The lowest BCUT2D eigenvalue weighted by Gasteiger charge is -2.25. The molecule has 0 unspecified atom stereocenters. The molecule has 234 valence electrons. The van der Waals surface area contributed by atoms with E-state index in [1.165, 1.54) is 66.9 Å². The standard InChI is InChI=1S/C30H23ClF4N4O5S/c31-26-15-8-21(30(33,34)35)16-27(26)39(45(42,43)25-4-2-1-3-5-25)18-28(40)38-36-17-20-6-13-24(14-7-20)44-19-29(41)37-23-11-9-22(32)10-12-23/h1-17H,18-19H2,(H,37,41)(H,38,40)/b36-17+. The van der Waals surface area contributed by atoms with Gasteiger partial charge < -0.3 is 10.1 Å². The van der Waals surface area contributed by atoms with E-state index in [0.29, 0.717) is 33.4 Å². The van der Waals surface area contributed by atoms with Crippen molar-refractivity contribution in [1.82, 2.24) is 5.43 Å². The molecule has 0 atom stereocenters. The van der Waals surface area contributed by atoms with Crippen LogP contribution >= 0.6 is 11.6 Å². The number of sulfonamides is 1. The largest absolute Gasteiger partial charge is 0.484 e. The SMILES string of the molecule is O=C(CN(c1cc(C(F)(F)F)ccc1Cl)S(=O)(=O)c1ccccc1)N/N=C/c1ccc(OCC(=O)Nc2ccc(F)cc2)cc1. The molecule has 0 saturated heterocycles. The molecular formula is C30H23ClF4N4O5S. The number of carbonyl (C=O) groups excluding carboxylic acids is 2. The summed E-state index contributed by atoms with van der Waals surface area (Å²) in [6.45, 7) is -1.26. The number of nitrogens with zero attached hydrogens (tertiary/aromatic N) is 2. The van der Waals surface area contributed by atoms with E-state index in [-0.39, 0.29) is 16.5 Å². The van der Waals surface area contributed by atoms with E-state index in [1.807, 2.05) is 0 Å². The van der Waals surface area contributed by atoms with Gasteiger partial charge in [-0.15, -0.1) is 0 Å². The zero-order valence-electron chi connectivity index (χ0n) is 23.0. The molecule has 15 heteroatoms. The number of anilines is 2. The minimum absolute atomic E-state index is 0.273. The molecular weight excluding hydrogens is 640 g/mol. The number of ether oxygens (including phenoxy) is 1. The summed E-state index contributed by atoms with van der Waals surface area (Å²) in [7, 11) is -4.54. The van der Waals surface area contributed by atoms with Crippen molar-refractivity contribution >= 4 is 51.0 Å². The molecule has 0 aliphatic rings. The molecule has 0 spiro atoms. The number of hydrazone groups is 1. The van der Waals surface area contributed by atoms with Crippen LogP contribution in [0.15, 0.2) is 107 Å². The van der Waals surface area contributed by atoms with E-state index in [4.69, 9.17) is 16.3 Å². The number of hydrogen-bond donors (Lipinski definition) is 2. The molecule has 0 aliphatic heterocycles. The van der Waals surface area contributed by atoms with Crippen molar-refractivity contribution in [1.29, 1.82) is 0 Å². The third-order valence-electron chi connectivity index (χ3n) is 5.94. The van der Waals surface area contributed by atoms with Gasteiger partial charge in [0.2, 0.25) is 0 Å². The highest BCUT2D eigenvalue weighted by molar-refractivity contribution is 7.92. The summed E-state index contributed by atoms with van der Waals surface area (Å²) in [4.78, 5) is 24.5. The maximum absolute atomic E-state index is 13.4. The molecule has 0 aromatic heterocycles. The van der Waals surface area contributed by atoms with Crippen molar-refractivity contribution in [3.8, 4) is 5.75 Å². The highest BCUT2D eigenvalue weighted by Crippen LogP contribution is 2.37. The third kappa shape index (κ3) is 9.03. The number of benzene rings is 4. The summed E-state index contributed by atoms with van der Waals surface area (Å²) in [6.07, 6.45) is -3.57. The second-order valence-corrected chi connectivity index (χ2v) is 11.5. The van der Waals surface area contributed by atoms with Gasteiger partial charge in [0.25, 0.3) is 21.8 Å². The van der Waals surface area contributed by atoms with Crippen molar-refractivity contribution in [2.75, 3.05) is 22.8 Å². The van der Waals surface area contributed by atoms with E-state index >= 15 is 0 Å². The number of rotatable bonds is 11. The Balaban J connectivity index is 1.41. The predicted octanol–water partition coefficient (Wildman–Crippen LogP) is 5.86. The number of hydrogen-bond acceptors (Lipinski definition) is 6. The maximum Gasteiger partial charge on any atom is 0.416 e. The van der Waals surface area contributed by atoms with Crippen molar-refractivity contribution in [3.05, 3.63) is 119 Å². The molecule has 0 radical (unpaired) electrons. The molecule has 0 bridgehead atoms. The van der Waals surface area contributed by atoms with Crippen molar-refractivity contribution < 1.29 is 40.3 Å². The van der Waals surface area contributed by atoms with Crippen LogP contribution in [0.3, 0.4) is 0 Å². The Bertz CT molecular complexity index is 1790. The average Bonchev–Trinajstić information content (AvgIpc) is 3.01. The van der Waals surface area contributed by atoms with Gasteiger partial charge in [0, 0.05) is 5.69 Å². The Labute approximate surface area is 260 Å². The first-order valence-corrected chi connectivity index (χ1v) is 14.7. The zero-order chi connectivity index (χ0) is 32.6. The van der Waals surface area contributed by atoms with Crippen molar-refractivity contribution in [2.45, 2.75) is 11.1 Å². The number of alkyl halides is 3. The van der Waals surface area contributed by atoms with Crippen LogP contribution in [0.5, 0.6) is 5.75 Å². The van der Waals surface area contributed by atoms with E-state index in [0.717, 1.165) is 6.07 Å². The molecule has 0 aliphatic carbocycles. The molecule has 9 nitrogen and oxygen atoms in total. The van der Waals surface area contributed by atoms with E-state index in [9.17, 15) is 35.6 Å². The molecule has 2 N–H and O–H groups in total. The Morgan fingerprint density at radius 1 is 0.911 bits per heavy atom. The molecule has 4 rings (SSSR count). The van der Waals surface area contributed by atoms with Gasteiger partial charge in [-0.2, -0.15) is 18.3 Å². The zero-order valence-corrected chi connectivity index (χ0v) is 24.5. The second kappa shape index (κ2) is 14.2. The smallest absolute Gasteiger partial charge is 0.416 e. The minimum Gasteiger partial charge on any atom is -0.484 e. The van der Waals surface area contributed by atoms with Crippen molar-refractivity contribution in [3.63, 3.8) is 0 Å². The number of carbonyl (C=O) groups is 2. The number of amides is 2. The first-order valence-electron chi connectivity index (χ1n) is 12.9. The van der Waals surface area contributed by atoms with E-state index in [1.54, 1.807) is 18.2 Å². The van der Waals surface area contributed by atoms with Gasteiger partial charge in [0.1, 0.15) is 18.1 Å². The Hall–Kier alpha value is -4.95. The first kappa shape index (κ1) is 33.0. The third-order valence-corrected chi connectivity index (χ3v) is 8.04. The van der Waals surface area contributed by atoms with Crippen LogP contribution in [0.1, 0.15) is 11.1 Å². The van der Waals surface area contributed by atoms with Crippen LogP contribution < -0.4 is 19.8 Å². The summed E-state index contributed by atoms with van der Waals surface area (Å²) in [5, 5.41) is 6.02. The normalized spacial score (nSPS) is 11.7. The molecule has 0 fully saturated rings. The molecule has 4 aromatic carbocycles. The van der Waals surface area contributed by atoms with Crippen LogP contribution in [-0.2, 0) is 25.8 Å². The number of halogens is 5. The van der Waals surface area contributed by atoms with Gasteiger partial charge in [-0.3, -0.25) is 13.9 Å². The van der Waals surface area contributed by atoms with Crippen molar-refractivity contribution in [2.24, 2.45) is 5.10 Å². The van der Waals surface area contributed by atoms with E-state index < -0.39 is 51.6 Å². The van der Waals surface area contributed by atoms with E-state index in [2.05, 4.69) is 15.8 Å². The van der Waals surface area contributed by atoms with Crippen LogP contribution in [0.4, 0.5) is 28.9 Å². The maximum atomic E-state index is 13.4. The van der Waals surface area contributed by atoms with Gasteiger partial charge in [-0.1, -0.05) is 29.8 Å². The molecule has 45 heavy (non-hydrogen) atoms. The molecule has 0 heterocycles. The summed E-state index contributed by atoms with van der Waals surface area (Å²) in [5.74, 6) is -1.54. The predicted molar refractivity (Wildman–Crippen MR) is 160 cm³/mol. The van der Waals surface area contributed by atoms with Crippen LogP contribution in [0.2, 0.25) is 5.02 Å². The summed E-state index contributed by atoms with van der Waals surface area (Å²) in [6, 6.07) is 20.4. The molecule has 2 amide bonds. The lowest BCUT2D eigenvalue weighted by Crippen LogP contribution is -2.40. The first-order chi connectivity index (χ1) is 21.3. The Kier molecular flexibility index (Phi) is 10.4. The highest BCUT2D eigenvalue weighted by Gasteiger charge is 2.34. The van der Waals surface area contributed by atoms with Gasteiger partial charge in [0.15, 0.2) is 6.61 Å². The molecule has 4 aromatic rings. The summed E-state index contributed by atoms with van der Waals surface area (Å²) >= 11 is 6.12. The lowest BCUT2D eigenvalue weighted by atomic mass is 10.2. The summed E-state index contributed by atoms with van der Waals surface area (Å²) in [5.41, 5.74) is 1.33. The van der Waals surface area contributed by atoms with Gasteiger partial charge in [0.05, 0.1) is 27.4 Å². The molecule has 0 saturated carbocycles. The van der Waals surface area contributed by atoms with Gasteiger partial charge in [-0.25, -0.2) is 18.2 Å². The van der Waals surface area contributed by atoms with Crippen LogP contribution in [-0.4, -0.2) is 39.6 Å². The fourth-order valence-electron chi connectivity index (χ4n) is 3.77. The second-order valence-electron chi connectivity index (χ2n) is 9.19. The Morgan fingerprint density at radius 3 is 2.22 bits per heavy atom. The fraction of sp³-hybridized carbons (Fsp3) is 0.100. The number of nitrogens with one attached hydrogen (secondary N) is 2. The average molecular weight is 663 g/mol. The topological polar surface area (TPSA) is 117 Å². The van der Waals surface area contributed by atoms with Gasteiger partial charge in [-0.05, 0) is 84.4 Å². The minimum atomic E-state index is -4.80. The van der Waals surface area contributed by atoms with Gasteiger partial charge >= 0.3 is 6.18 Å². The van der Waals surface area contributed by atoms with Crippen LogP contribution in [0, 0.1) is 5.82 Å². The lowest BCUT2D eigenvalue weighted by molar-refractivity contribution is -0.137. The summed E-state index contributed by atoms with van der Waals surface area (Å²) < 4.78 is 86.0. The van der Waals surface area contributed by atoms with Crippen LogP contribution in [0.25, 0.3) is 0 Å². The quantitative estimate of drug-likeness (QED) is 0.119.